The first-order valence-corrected chi connectivity index (χ1v) is 11.9. The maximum Gasteiger partial charge on any atom is 0.261 e. The summed E-state index contributed by atoms with van der Waals surface area (Å²) < 4.78 is 12.5. The molecule has 0 aromatic heterocycles. The first-order valence-electron chi connectivity index (χ1n) is 10.0. The molecule has 144 valence electrons. The minimum atomic E-state index is -2.38. The molecule has 1 heterocycles. The highest BCUT2D eigenvalue weighted by Crippen LogP contribution is 2.37. The van der Waals surface area contributed by atoms with Gasteiger partial charge in [-0.15, -0.1) is 6.58 Å². The molecule has 0 saturated carbocycles. The maximum absolute atomic E-state index is 6.90. The number of epoxide rings is 1. The molecule has 0 unspecified atom stereocenters. The Morgan fingerprint density at radius 2 is 1.52 bits per heavy atom. The summed E-state index contributed by atoms with van der Waals surface area (Å²) in [5, 5.41) is 2.74. The molecular weight excluding hydrogens is 348 g/mol. The molecule has 0 radical (unpaired) electrons. The number of rotatable bonds is 9. The van der Waals surface area contributed by atoms with Crippen molar-refractivity contribution in [1.82, 2.24) is 0 Å². The monoisotopic (exact) mass is 380 g/mol. The Hall–Kier alpha value is -1.68. The largest absolute Gasteiger partial charge is 0.407 e. The van der Waals surface area contributed by atoms with Crippen LogP contribution in [0.15, 0.2) is 73.3 Å². The van der Waals surface area contributed by atoms with Crippen molar-refractivity contribution in [3.05, 3.63) is 73.3 Å². The Morgan fingerprint density at radius 1 is 0.963 bits per heavy atom. The first-order chi connectivity index (χ1) is 13.0. The fourth-order valence-electron chi connectivity index (χ4n) is 4.03. The van der Waals surface area contributed by atoms with E-state index in [9.17, 15) is 0 Å². The lowest BCUT2D eigenvalue weighted by Gasteiger charge is -2.43. The lowest BCUT2D eigenvalue weighted by atomic mass is 10.1. The Labute approximate surface area is 165 Å². The Bertz CT molecular complexity index is 682. The van der Waals surface area contributed by atoms with Gasteiger partial charge in [0.1, 0.15) is 6.10 Å². The summed E-state index contributed by atoms with van der Waals surface area (Å²) in [6, 6.07) is 21.7. The molecule has 2 aromatic rings. The van der Waals surface area contributed by atoms with E-state index in [1.54, 1.807) is 0 Å². The fraction of sp³-hybridized carbons (Fsp3) is 0.417. The van der Waals surface area contributed by atoms with Crippen LogP contribution in [0.5, 0.6) is 0 Å². The standard InChI is InChI=1S/C24H32O2Si/c1-5-22-23(26-22)18-12-13-19-25-27(24(2,3)4,20-14-8-6-9-15-20)21-16-10-7-11-17-21/h5-11,14-17,22-23H,1,12-13,18-19H2,2-4H3/t22-,23+/m1/s1. The van der Waals surface area contributed by atoms with Crippen LogP contribution in [-0.2, 0) is 9.16 Å². The van der Waals surface area contributed by atoms with Crippen molar-refractivity contribution in [1.29, 1.82) is 0 Å². The molecule has 1 aliphatic rings. The second-order valence-electron chi connectivity index (χ2n) is 8.38. The van der Waals surface area contributed by atoms with E-state index in [0.29, 0.717) is 6.10 Å². The third kappa shape index (κ3) is 4.42. The number of unbranched alkanes of at least 4 members (excludes halogenated alkanes) is 1. The molecule has 1 fully saturated rings. The summed E-state index contributed by atoms with van der Waals surface area (Å²) in [7, 11) is -2.38. The highest BCUT2D eigenvalue weighted by Gasteiger charge is 2.49. The molecule has 2 atom stereocenters. The maximum atomic E-state index is 6.90. The average Bonchev–Trinajstić information content (AvgIpc) is 3.44. The van der Waals surface area contributed by atoms with Crippen molar-refractivity contribution in [3.8, 4) is 0 Å². The molecule has 0 amide bonds. The van der Waals surface area contributed by atoms with E-state index in [2.05, 4.69) is 88.0 Å². The summed E-state index contributed by atoms with van der Waals surface area (Å²) in [4.78, 5) is 0. The van der Waals surface area contributed by atoms with Gasteiger partial charge < -0.3 is 9.16 Å². The quantitative estimate of drug-likeness (QED) is 0.272. The Morgan fingerprint density at radius 3 is 1.96 bits per heavy atom. The highest BCUT2D eigenvalue weighted by atomic mass is 28.4. The molecule has 0 spiro atoms. The molecule has 0 aliphatic carbocycles. The van der Waals surface area contributed by atoms with Gasteiger partial charge in [0.15, 0.2) is 0 Å². The number of benzene rings is 2. The lowest BCUT2D eigenvalue weighted by Crippen LogP contribution is -2.66. The van der Waals surface area contributed by atoms with Gasteiger partial charge in [0.25, 0.3) is 8.32 Å². The van der Waals surface area contributed by atoms with Crippen LogP contribution in [0, 0.1) is 0 Å². The van der Waals surface area contributed by atoms with Gasteiger partial charge in [0.05, 0.1) is 6.10 Å². The number of hydrogen-bond donors (Lipinski definition) is 0. The zero-order chi connectivity index (χ0) is 19.3. The molecule has 1 aliphatic heterocycles. The zero-order valence-corrected chi connectivity index (χ0v) is 17.9. The van der Waals surface area contributed by atoms with E-state index < -0.39 is 8.32 Å². The fourth-order valence-corrected chi connectivity index (χ4v) is 8.64. The molecule has 0 bridgehead atoms. The van der Waals surface area contributed by atoms with E-state index in [1.807, 2.05) is 6.08 Å². The van der Waals surface area contributed by atoms with E-state index in [-0.39, 0.29) is 11.1 Å². The van der Waals surface area contributed by atoms with Crippen LogP contribution >= 0.6 is 0 Å². The Balaban J connectivity index is 1.78. The van der Waals surface area contributed by atoms with Crippen LogP contribution in [-0.4, -0.2) is 27.1 Å². The van der Waals surface area contributed by atoms with Gasteiger partial charge in [0.2, 0.25) is 0 Å². The van der Waals surface area contributed by atoms with Crippen molar-refractivity contribution in [2.75, 3.05) is 6.61 Å². The third-order valence-electron chi connectivity index (χ3n) is 5.47. The topological polar surface area (TPSA) is 21.8 Å². The molecular formula is C24H32O2Si. The van der Waals surface area contributed by atoms with Crippen LogP contribution in [0.25, 0.3) is 0 Å². The smallest absolute Gasteiger partial charge is 0.261 e. The summed E-state index contributed by atoms with van der Waals surface area (Å²) in [6.07, 6.45) is 5.86. The molecule has 3 rings (SSSR count). The molecule has 0 N–H and O–H groups in total. The van der Waals surface area contributed by atoms with Gasteiger partial charge in [0, 0.05) is 6.61 Å². The second kappa shape index (κ2) is 8.55. The minimum absolute atomic E-state index is 0.0449. The summed E-state index contributed by atoms with van der Waals surface area (Å²) >= 11 is 0. The van der Waals surface area contributed by atoms with Crippen LogP contribution in [0.1, 0.15) is 40.0 Å². The summed E-state index contributed by atoms with van der Waals surface area (Å²) in [5.74, 6) is 0. The van der Waals surface area contributed by atoms with Gasteiger partial charge >= 0.3 is 0 Å². The van der Waals surface area contributed by atoms with E-state index in [4.69, 9.17) is 9.16 Å². The van der Waals surface area contributed by atoms with E-state index in [0.717, 1.165) is 25.9 Å². The lowest BCUT2D eigenvalue weighted by molar-refractivity contribution is 0.282. The first kappa shape index (κ1) is 20.1. The van der Waals surface area contributed by atoms with E-state index in [1.165, 1.54) is 10.4 Å². The molecule has 3 heteroatoms. The van der Waals surface area contributed by atoms with Gasteiger partial charge in [-0.2, -0.15) is 0 Å². The second-order valence-corrected chi connectivity index (χ2v) is 12.7. The van der Waals surface area contributed by atoms with Gasteiger partial charge in [-0.05, 0) is 34.7 Å². The Kier molecular flexibility index (Phi) is 6.35. The SMILES string of the molecule is C=C[C@H]1O[C@H]1CCCCO[Si](c1ccccc1)(c1ccccc1)C(C)(C)C. The number of ether oxygens (including phenoxy) is 1. The normalized spacial score (nSPS) is 19.7. The molecule has 27 heavy (non-hydrogen) atoms. The van der Waals surface area contributed by atoms with Crippen molar-refractivity contribution in [2.24, 2.45) is 0 Å². The third-order valence-corrected chi connectivity index (χ3v) is 10.5. The van der Waals surface area contributed by atoms with Crippen molar-refractivity contribution in [3.63, 3.8) is 0 Å². The molecule has 2 aromatic carbocycles. The predicted octanol–water partition coefficient (Wildman–Crippen LogP) is 4.69. The summed E-state index contributed by atoms with van der Waals surface area (Å²) in [5.41, 5.74) is 0. The predicted molar refractivity (Wildman–Crippen MR) is 116 cm³/mol. The average molecular weight is 381 g/mol. The number of hydrogen-bond acceptors (Lipinski definition) is 2. The van der Waals surface area contributed by atoms with Gasteiger partial charge in [-0.3, -0.25) is 0 Å². The van der Waals surface area contributed by atoms with Crippen LogP contribution in [0.3, 0.4) is 0 Å². The van der Waals surface area contributed by atoms with Crippen molar-refractivity contribution >= 4 is 18.7 Å². The van der Waals surface area contributed by atoms with E-state index >= 15 is 0 Å². The van der Waals surface area contributed by atoms with Crippen molar-refractivity contribution in [2.45, 2.75) is 57.3 Å². The van der Waals surface area contributed by atoms with Crippen LogP contribution in [0.2, 0.25) is 5.04 Å². The van der Waals surface area contributed by atoms with Gasteiger partial charge in [-0.25, -0.2) is 0 Å². The highest BCUT2D eigenvalue weighted by molar-refractivity contribution is 6.99. The molecule has 2 nitrogen and oxygen atoms in total. The van der Waals surface area contributed by atoms with Crippen LogP contribution in [0.4, 0.5) is 0 Å². The van der Waals surface area contributed by atoms with Crippen LogP contribution < -0.4 is 10.4 Å². The zero-order valence-electron chi connectivity index (χ0n) is 16.9. The van der Waals surface area contributed by atoms with Crippen molar-refractivity contribution < 1.29 is 9.16 Å². The minimum Gasteiger partial charge on any atom is -0.407 e. The summed E-state index contributed by atoms with van der Waals surface area (Å²) in [6.45, 7) is 11.6. The van der Waals surface area contributed by atoms with Gasteiger partial charge in [-0.1, -0.05) is 87.5 Å². The molecule has 1 saturated heterocycles.